The largest absolute Gasteiger partial charge is 0.451 e. The predicted octanol–water partition coefficient (Wildman–Crippen LogP) is 2.96. The Bertz CT molecular complexity index is 739. The van der Waals surface area contributed by atoms with Crippen LogP contribution in [0, 0.1) is 0 Å². The van der Waals surface area contributed by atoms with Gasteiger partial charge in [0, 0.05) is 5.69 Å². The highest BCUT2D eigenvalue weighted by molar-refractivity contribution is 6.37. The van der Waals surface area contributed by atoms with Crippen molar-refractivity contribution in [2.45, 2.75) is 19.6 Å². The first-order valence-corrected chi connectivity index (χ1v) is 7.29. The minimum absolute atomic E-state index is 0.00193. The molecule has 0 aliphatic carbocycles. The van der Waals surface area contributed by atoms with Gasteiger partial charge in [0.1, 0.15) is 0 Å². The molecule has 0 saturated heterocycles. The molecule has 0 amide bonds. The summed E-state index contributed by atoms with van der Waals surface area (Å²) in [6.07, 6.45) is 0.504. The molecule has 1 atom stereocenters. The summed E-state index contributed by atoms with van der Waals surface area (Å²) in [7, 11) is 0. The molecule has 0 saturated carbocycles. The van der Waals surface area contributed by atoms with Crippen LogP contribution in [-0.2, 0) is 6.54 Å². The third kappa shape index (κ3) is 3.64. The Labute approximate surface area is 141 Å². The molecular weight excluding hydrogens is 353 g/mol. The van der Waals surface area contributed by atoms with Gasteiger partial charge >= 0.3 is 0 Å². The van der Waals surface area contributed by atoms with Crippen LogP contribution in [0.5, 0.6) is 11.5 Å². The van der Waals surface area contributed by atoms with E-state index < -0.39 is 11.7 Å². The number of hydrogen-bond acceptors (Lipinski definition) is 5. The Hall–Kier alpha value is -1.47. The van der Waals surface area contributed by atoms with Crippen LogP contribution in [-0.4, -0.2) is 21.0 Å². The first-order chi connectivity index (χ1) is 10.3. The van der Waals surface area contributed by atoms with E-state index in [2.05, 4.69) is 5.10 Å². The van der Waals surface area contributed by atoms with Crippen molar-refractivity contribution in [3.05, 3.63) is 43.8 Å². The van der Waals surface area contributed by atoms with Gasteiger partial charge in [0.05, 0.1) is 28.9 Å². The molecule has 0 aliphatic rings. The number of nitrogens with two attached hydrogens (primary N) is 1. The lowest BCUT2D eigenvalue weighted by Crippen LogP contribution is -2.27. The highest BCUT2D eigenvalue weighted by Crippen LogP contribution is 2.39. The van der Waals surface area contributed by atoms with Gasteiger partial charge in [0.25, 0.3) is 5.56 Å². The van der Waals surface area contributed by atoms with E-state index in [0.717, 1.165) is 4.68 Å². The van der Waals surface area contributed by atoms with E-state index in [1.807, 2.05) is 0 Å². The molecule has 22 heavy (non-hydrogen) atoms. The molecule has 1 aromatic carbocycles. The highest BCUT2D eigenvalue weighted by Gasteiger charge is 2.16. The summed E-state index contributed by atoms with van der Waals surface area (Å²) in [6.45, 7) is 1.54. The van der Waals surface area contributed by atoms with E-state index in [1.165, 1.54) is 25.3 Å². The number of nitrogen functional groups attached to an aromatic ring is 1. The number of benzene rings is 1. The number of halogens is 3. The lowest BCUT2D eigenvalue weighted by Gasteiger charge is -2.12. The second kappa shape index (κ2) is 6.75. The zero-order valence-electron chi connectivity index (χ0n) is 11.4. The molecule has 6 nitrogen and oxygen atoms in total. The van der Waals surface area contributed by atoms with E-state index in [1.54, 1.807) is 0 Å². The third-order valence-electron chi connectivity index (χ3n) is 2.62. The van der Waals surface area contributed by atoms with Gasteiger partial charge in [0.2, 0.25) is 0 Å². The molecule has 0 bridgehead atoms. The zero-order valence-corrected chi connectivity index (χ0v) is 13.7. The Morgan fingerprint density at radius 1 is 1.36 bits per heavy atom. The van der Waals surface area contributed by atoms with Crippen LogP contribution in [0.15, 0.2) is 23.1 Å². The van der Waals surface area contributed by atoms with E-state index >= 15 is 0 Å². The SMILES string of the molecule is CC(O)Cn1ncc(Oc2c(Cl)cc(N)cc2Cl)c(Cl)c1=O. The Morgan fingerprint density at radius 3 is 2.50 bits per heavy atom. The fraction of sp³-hybridized carbons (Fsp3) is 0.231. The number of hydrogen-bond donors (Lipinski definition) is 2. The van der Waals surface area contributed by atoms with Crippen LogP contribution < -0.4 is 16.0 Å². The van der Waals surface area contributed by atoms with Crippen molar-refractivity contribution in [1.29, 1.82) is 0 Å². The maximum absolute atomic E-state index is 12.0. The van der Waals surface area contributed by atoms with Crippen molar-refractivity contribution >= 4 is 40.5 Å². The number of anilines is 1. The van der Waals surface area contributed by atoms with Crippen LogP contribution in [0.3, 0.4) is 0 Å². The molecule has 9 heteroatoms. The summed E-state index contributed by atoms with van der Waals surface area (Å²) in [5.41, 5.74) is 5.38. The Balaban J connectivity index is 2.40. The van der Waals surface area contributed by atoms with Crippen LogP contribution in [0.4, 0.5) is 5.69 Å². The van der Waals surface area contributed by atoms with Gasteiger partial charge in [0.15, 0.2) is 16.5 Å². The van der Waals surface area contributed by atoms with Crippen molar-refractivity contribution in [3.63, 3.8) is 0 Å². The van der Waals surface area contributed by atoms with Gasteiger partial charge in [-0.3, -0.25) is 4.79 Å². The van der Waals surface area contributed by atoms with Crippen LogP contribution in [0.1, 0.15) is 6.92 Å². The summed E-state index contributed by atoms with van der Waals surface area (Å²) in [5, 5.41) is 13.3. The molecule has 1 unspecified atom stereocenters. The van der Waals surface area contributed by atoms with Crippen molar-refractivity contribution in [3.8, 4) is 11.5 Å². The summed E-state index contributed by atoms with van der Waals surface area (Å²) in [6, 6.07) is 2.91. The van der Waals surface area contributed by atoms with E-state index in [-0.39, 0.29) is 33.1 Å². The van der Waals surface area contributed by atoms with Crippen molar-refractivity contribution in [2.75, 3.05) is 5.73 Å². The van der Waals surface area contributed by atoms with Crippen LogP contribution in [0.2, 0.25) is 15.1 Å². The standard InChI is InChI=1S/C13H12Cl3N3O3/c1-6(20)5-19-13(21)11(16)10(4-18-19)22-12-8(14)2-7(17)3-9(12)15/h2-4,6,20H,5,17H2,1H3. The maximum atomic E-state index is 12.0. The molecule has 0 spiro atoms. The van der Waals surface area contributed by atoms with Gasteiger partial charge in [-0.25, -0.2) is 4.68 Å². The lowest BCUT2D eigenvalue weighted by molar-refractivity contribution is 0.166. The minimum atomic E-state index is -0.742. The van der Waals surface area contributed by atoms with Crippen molar-refractivity contribution in [2.24, 2.45) is 0 Å². The van der Waals surface area contributed by atoms with Gasteiger partial charge in [-0.15, -0.1) is 0 Å². The van der Waals surface area contributed by atoms with E-state index in [4.69, 9.17) is 45.3 Å². The van der Waals surface area contributed by atoms with Gasteiger partial charge in [-0.2, -0.15) is 5.10 Å². The van der Waals surface area contributed by atoms with Gasteiger partial charge in [-0.1, -0.05) is 34.8 Å². The minimum Gasteiger partial charge on any atom is -0.451 e. The molecule has 0 radical (unpaired) electrons. The zero-order chi connectivity index (χ0) is 16.4. The molecule has 2 rings (SSSR count). The fourth-order valence-corrected chi connectivity index (χ4v) is 2.45. The summed E-state index contributed by atoms with van der Waals surface area (Å²) < 4.78 is 6.51. The van der Waals surface area contributed by atoms with E-state index in [0.29, 0.717) is 5.69 Å². The number of aliphatic hydroxyl groups is 1. The molecule has 118 valence electrons. The summed E-state index contributed by atoms with van der Waals surface area (Å²) >= 11 is 18.0. The average molecular weight is 365 g/mol. The number of rotatable bonds is 4. The molecular formula is C13H12Cl3N3O3. The Morgan fingerprint density at radius 2 is 1.95 bits per heavy atom. The molecule has 0 fully saturated rings. The third-order valence-corrected chi connectivity index (χ3v) is 3.53. The predicted molar refractivity (Wildman–Crippen MR) is 86.1 cm³/mol. The van der Waals surface area contributed by atoms with E-state index in [9.17, 15) is 9.90 Å². The lowest BCUT2D eigenvalue weighted by atomic mass is 10.3. The fourth-order valence-electron chi connectivity index (χ4n) is 1.69. The smallest absolute Gasteiger partial charge is 0.289 e. The second-order valence-electron chi connectivity index (χ2n) is 4.57. The number of nitrogens with zero attached hydrogens (tertiary/aromatic N) is 2. The second-order valence-corrected chi connectivity index (χ2v) is 5.77. The molecule has 2 aromatic rings. The summed E-state index contributed by atoms with van der Waals surface area (Å²) in [4.78, 5) is 12.0. The van der Waals surface area contributed by atoms with Gasteiger partial charge in [-0.05, 0) is 19.1 Å². The number of ether oxygens (including phenoxy) is 1. The molecule has 1 heterocycles. The topological polar surface area (TPSA) is 90.4 Å². The van der Waals surface area contributed by atoms with Crippen LogP contribution >= 0.6 is 34.8 Å². The number of aliphatic hydroxyl groups excluding tert-OH is 1. The first kappa shape index (κ1) is 16.9. The first-order valence-electron chi connectivity index (χ1n) is 6.15. The molecule has 0 aliphatic heterocycles. The average Bonchev–Trinajstić information content (AvgIpc) is 2.41. The summed E-state index contributed by atoms with van der Waals surface area (Å²) in [5.74, 6) is 0.121. The maximum Gasteiger partial charge on any atom is 0.289 e. The monoisotopic (exact) mass is 363 g/mol. The molecule has 3 N–H and O–H groups in total. The highest BCUT2D eigenvalue weighted by atomic mass is 35.5. The normalized spacial score (nSPS) is 12.2. The van der Waals surface area contributed by atoms with Crippen LogP contribution in [0.25, 0.3) is 0 Å². The van der Waals surface area contributed by atoms with Crippen molar-refractivity contribution in [1.82, 2.24) is 9.78 Å². The van der Waals surface area contributed by atoms with Crippen molar-refractivity contribution < 1.29 is 9.84 Å². The Kier molecular flexibility index (Phi) is 5.18. The quantitative estimate of drug-likeness (QED) is 0.814. The van der Waals surface area contributed by atoms with Gasteiger partial charge < -0.3 is 15.6 Å². The number of aromatic nitrogens is 2. The molecule has 1 aromatic heterocycles.